The second-order valence-corrected chi connectivity index (χ2v) is 29.8. The number of rotatable bonds is 72. The van der Waals surface area contributed by atoms with E-state index in [0.717, 1.165) is 38.5 Å². The van der Waals surface area contributed by atoms with Gasteiger partial charge in [0.25, 0.3) is 0 Å². The molecule has 0 saturated heterocycles. The lowest BCUT2D eigenvalue weighted by Crippen LogP contribution is -2.73. The Morgan fingerprint density at radius 3 is 1.18 bits per heavy atom. The highest BCUT2D eigenvalue weighted by Gasteiger charge is 2.38. The van der Waals surface area contributed by atoms with Crippen LogP contribution in [0.5, 0.6) is 0 Å². The number of aromatic nitrogens is 8. The number of nitrogens with zero attached hydrogens (tertiary/aromatic N) is 4. The van der Waals surface area contributed by atoms with Gasteiger partial charge in [0.2, 0.25) is 17.7 Å². The summed E-state index contributed by atoms with van der Waals surface area (Å²) in [5.74, 6) is -3.64. The van der Waals surface area contributed by atoms with Gasteiger partial charge in [-0.1, -0.05) is 168 Å². The standard InChI is InChI=1S/C78H131N17O14S/c1-4-6-8-10-12-14-16-18-20-22-24-26-28-33-71(103)108-50-66(109-72(104)34-29-27-25-23-21-19-17-15-13-11-9-7-5-2)51-110-52-67(79)76(105)94-70(49-101)78(107)95-69(48-100)77(106)84-35-31-30-32-68(57(3)102)93-73(74(89-62(44-96)36-58-40-80-53-85-58)90-63(45-97)37-59-41-81-54-86-59)75(91-64(46-98)38-60-42-82-55-87-60)92-65(47-99)39-61-43-83-56-88-61/h40-47,53-56,62-70,73-75,89-93,100-101H,4-39,48-52,79H2,1-3H3,(H,80,85)(H,81,86)(H,82,87)(H,83,88)(H,84,106)(H,94,105)(H,95,107)/t62-,63-,64-,65-,66?,67?,68?,69?,70-/m0/s1. The Balaban J connectivity index is 1.38. The topological polar surface area (TPSA) is 467 Å². The average Bonchev–Trinajstić information content (AvgIpc) is 1.08. The van der Waals surface area contributed by atoms with E-state index in [1.54, 1.807) is 24.8 Å². The number of ether oxygens (including phenoxy) is 2. The van der Waals surface area contributed by atoms with Crippen LogP contribution >= 0.6 is 11.8 Å². The van der Waals surface area contributed by atoms with Crippen LogP contribution < -0.4 is 48.3 Å². The minimum Gasteiger partial charge on any atom is -0.462 e. The summed E-state index contributed by atoms with van der Waals surface area (Å²) in [6, 6.07) is -10.4. The number of carbonyl (C=O) groups excluding carboxylic acids is 10. The number of aldehydes is 4. The van der Waals surface area contributed by atoms with Crippen molar-refractivity contribution in [2.75, 3.05) is 37.9 Å². The average molecular weight is 1560 g/mol. The smallest absolute Gasteiger partial charge is 0.306 e. The first-order valence-corrected chi connectivity index (χ1v) is 41.5. The van der Waals surface area contributed by atoms with E-state index in [0.29, 0.717) is 60.8 Å². The number of aromatic amines is 4. The van der Waals surface area contributed by atoms with Crippen molar-refractivity contribution in [2.45, 2.75) is 318 Å². The number of imidazole rings is 4. The van der Waals surface area contributed by atoms with Gasteiger partial charge in [-0.3, -0.25) is 55.4 Å². The number of H-pyrrole nitrogens is 4. The van der Waals surface area contributed by atoms with E-state index >= 15 is 0 Å². The molecule has 0 fully saturated rings. The number of unbranched alkanes of at least 4 members (excludes halogenated alkanes) is 25. The summed E-state index contributed by atoms with van der Waals surface area (Å²) in [5.41, 5.74) is 8.67. The number of ketones is 1. The molecule has 32 heteroatoms. The zero-order valence-corrected chi connectivity index (χ0v) is 66.2. The van der Waals surface area contributed by atoms with Crippen LogP contribution in [0, 0.1) is 0 Å². The maximum absolute atomic E-state index is 14.0. The second kappa shape index (κ2) is 60.3. The molecule has 110 heavy (non-hydrogen) atoms. The number of amides is 3. The van der Waals surface area contributed by atoms with Gasteiger partial charge in [-0.25, -0.2) is 19.9 Å². The van der Waals surface area contributed by atoms with Crippen molar-refractivity contribution >= 4 is 72.3 Å². The van der Waals surface area contributed by atoms with Gasteiger partial charge in [-0.05, 0) is 39.0 Å². The monoisotopic (exact) mass is 1560 g/mol. The Kier molecular flexibility index (Phi) is 52.0. The minimum atomic E-state index is -1.59. The van der Waals surface area contributed by atoms with E-state index in [1.807, 2.05) is 0 Å². The number of nitrogens with one attached hydrogen (secondary N) is 12. The molecule has 0 aliphatic carbocycles. The third-order valence-corrected chi connectivity index (χ3v) is 20.5. The Morgan fingerprint density at radius 1 is 0.464 bits per heavy atom. The minimum absolute atomic E-state index is 0.0165. The van der Waals surface area contributed by atoms with Gasteiger partial charge >= 0.3 is 11.9 Å². The molecule has 0 bridgehead atoms. The van der Waals surface area contributed by atoms with Crippen molar-refractivity contribution in [1.29, 1.82) is 0 Å². The summed E-state index contributed by atoms with van der Waals surface area (Å²) in [7, 11) is 0. The van der Waals surface area contributed by atoms with Crippen molar-refractivity contribution in [3.8, 4) is 0 Å². The van der Waals surface area contributed by atoms with Gasteiger partial charge in [0.1, 0.15) is 55.7 Å². The predicted octanol–water partition coefficient (Wildman–Crippen LogP) is 5.76. The number of carbonyl (C=O) groups is 10. The number of Topliss-reactive ketones (excluding diaryl/α,β-unsaturated/α-hetero) is 1. The highest BCUT2D eigenvalue weighted by Crippen LogP contribution is 2.19. The van der Waals surface area contributed by atoms with Crippen LogP contribution in [0.3, 0.4) is 0 Å². The van der Waals surface area contributed by atoms with E-state index in [2.05, 4.69) is 96.3 Å². The number of thioether (sulfide) groups is 1. The van der Waals surface area contributed by atoms with Crippen molar-refractivity contribution < 1.29 is 67.6 Å². The summed E-state index contributed by atoms with van der Waals surface area (Å²) in [6.07, 6.45) is 43.5. The fourth-order valence-corrected chi connectivity index (χ4v) is 13.9. The van der Waals surface area contributed by atoms with Crippen LogP contribution in [0.25, 0.3) is 0 Å². The van der Waals surface area contributed by atoms with E-state index in [4.69, 9.17) is 15.2 Å². The van der Waals surface area contributed by atoms with Crippen LogP contribution in [-0.4, -0.2) is 221 Å². The molecule has 4 aromatic rings. The largest absolute Gasteiger partial charge is 0.462 e. The Morgan fingerprint density at radius 2 is 0.827 bits per heavy atom. The van der Waals surface area contributed by atoms with E-state index in [1.165, 1.54) is 160 Å². The lowest BCUT2D eigenvalue weighted by atomic mass is 9.99. The van der Waals surface area contributed by atoms with Crippen molar-refractivity contribution in [1.82, 2.24) is 82.4 Å². The van der Waals surface area contributed by atoms with E-state index in [-0.39, 0.29) is 94.2 Å². The maximum Gasteiger partial charge on any atom is 0.306 e. The molecule has 4 unspecified atom stereocenters. The summed E-state index contributed by atoms with van der Waals surface area (Å²) >= 11 is 1.18. The lowest BCUT2D eigenvalue weighted by Gasteiger charge is -2.41. The van der Waals surface area contributed by atoms with Gasteiger partial charge in [0, 0.05) is 104 Å². The molecule has 0 radical (unpaired) electrons. The molecular weight excluding hydrogens is 1430 g/mol. The van der Waals surface area contributed by atoms with Gasteiger partial charge in [-0.15, -0.1) is 0 Å². The fourth-order valence-electron chi connectivity index (χ4n) is 12.9. The predicted molar refractivity (Wildman–Crippen MR) is 422 cm³/mol. The Bertz CT molecular complexity index is 2860. The molecule has 4 rings (SSSR count). The van der Waals surface area contributed by atoms with Crippen LogP contribution in [0.15, 0.2) is 50.1 Å². The number of hydrogen-bond donors (Lipinski definition) is 15. The second-order valence-electron chi connectivity index (χ2n) is 28.8. The van der Waals surface area contributed by atoms with Gasteiger partial charge in [0.05, 0.1) is 93.1 Å². The number of esters is 2. The summed E-state index contributed by atoms with van der Waals surface area (Å²) in [5, 5.41) is 45.0. The normalized spacial score (nSPS) is 14.1. The SMILES string of the molecule is CCCCCCCCCCCCCCCC(=O)OCC(CSCC(N)C(=O)N[C@@H](CO)C(=O)NC(CO)C(=O)NCCCCC(NC(C(N[C@H](C=O)Cc1cnc[nH]1)N[C@H](C=O)Cc1cnc[nH]1)C(N[C@H](C=O)Cc1cnc[nH]1)N[C@H](C=O)Cc1cnc[nH]1)C(C)=O)OC(=O)CCCCCCCCCCCCCCC. The molecule has 0 aliphatic rings. The first-order chi connectivity index (χ1) is 53.6. The molecule has 0 spiro atoms. The summed E-state index contributed by atoms with van der Waals surface area (Å²) in [4.78, 5) is 161. The Labute approximate surface area is 654 Å². The third-order valence-electron chi connectivity index (χ3n) is 19.3. The molecule has 618 valence electrons. The van der Waals surface area contributed by atoms with Crippen molar-refractivity contribution in [3.63, 3.8) is 0 Å². The highest BCUT2D eigenvalue weighted by atomic mass is 32.2. The van der Waals surface area contributed by atoms with Crippen LogP contribution in [0.2, 0.25) is 0 Å². The maximum atomic E-state index is 14.0. The molecule has 4 aromatic heterocycles. The van der Waals surface area contributed by atoms with Gasteiger partial charge < -0.3 is 80.5 Å². The first kappa shape index (κ1) is 94.9. The Hall–Kier alpha value is -7.43. The molecule has 3 amide bonds. The van der Waals surface area contributed by atoms with Crippen LogP contribution in [0.4, 0.5) is 0 Å². The van der Waals surface area contributed by atoms with Crippen molar-refractivity contribution in [2.24, 2.45) is 5.73 Å². The zero-order valence-electron chi connectivity index (χ0n) is 65.4. The number of aliphatic hydroxyl groups is 2. The highest BCUT2D eigenvalue weighted by molar-refractivity contribution is 7.99. The quantitative estimate of drug-likeness (QED) is 0.0108. The summed E-state index contributed by atoms with van der Waals surface area (Å²) in [6.45, 7) is 3.86. The molecule has 0 aromatic carbocycles. The van der Waals surface area contributed by atoms with E-state index < -0.39 is 110 Å². The number of hydrogen-bond acceptors (Lipinski definition) is 25. The molecule has 0 aliphatic heterocycles. The molecule has 0 saturated carbocycles. The van der Waals surface area contributed by atoms with Gasteiger partial charge in [0.15, 0.2) is 0 Å². The fraction of sp³-hybridized carbons (Fsp3) is 0.718. The molecular formula is C78H131N17O14S. The van der Waals surface area contributed by atoms with Gasteiger partial charge in [-0.2, -0.15) is 11.8 Å². The summed E-state index contributed by atoms with van der Waals surface area (Å²) < 4.78 is 11.5. The van der Waals surface area contributed by atoms with Crippen LogP contribution in [0.1, 0.15) is 243 Å². The zero-order chi connectivity index (χ0) is 79.6. The number of aliphatic hydroxyl groups excluding tert-OH is 2. The molecule has 4 heterocycles. The molecule has 16 N–H and O–H groups in total. The number of nitrogens with two attached hydrogens (primary N) is 1. The third kappa shape index (κ3) is 42.3. The molecule has 9 atom stereocenters. The van der Waals surface area contributed by atoms with Crippen molar-refractivity contribution in [3.05, 3.63) is 72.9 Å². The lowest BCUT2D eigenvalue weighted by molar-refractivity contribution is -0.157. The van der Waals surface area contributed by atoms with Crippen LogP contribution in [-0.2, 0) is 83.1 Å². The molecule has 31 nitrogen and oxygen atoms in total. The van der Waals surface area contributed by atoms with E-state index in [9.17, 15) is 58.2 Å². The first-order valence-electron chi connectivity index (χ1n) is 40.4.